The minimum Gasteiger partial charge on any atom is -0.352 e. The van der Waals surface area contributed by atoms with Crippen molar-refractivity contribution in [1.82, 2.24) is 19.7 Å². The van der Waals surface area contributed by atoms with Gasteiger partial charge in [0, 0.05) is 24.2 Å². The Hall–Kier alpha value is -2.24. The maximum Gasteiger partial charge on any atom is 0.266 e. The Morgan fingerprint density at radius 1 is 1.26 bits per heavy atom. The highest BCUT2D eigenvalue weighted by Crippen LogP contribution is 2.24. The van der Waals surface area contributed by atoms with E-state index in [1.807, 2.05) is 12.1 Å². The average molecular weight is 313 g/mol. The number of aromatic nitrogens is 4. The number of hydrogen-bond acceptors (Lipinski definition) is 5. The third-order valence-electron chi connectivity index (χ3n) is 4.26. The molecule has 0 saturated carbocycles. The molecule has 1 aliphatic heterocycles. The van der Waals surface area contributed by atoms with Gasteiger partial charge in [-0.25, -0.2) is 14.6 Å². The summed E-state index contributed by atoms with van der Waals surface area (Å²) in [6, 6.07) is 5.61. The molecule has 0 N–H and O–H groups in total. The van der Waals surface area contributed by atoms with Gasteiger partial charge in [-0.2, -0.15) is 5.10 Å². The molecule has 6 nitrogen and oxygen atoms in total. The summed E-state index contributed by atoms with van der Waals surface area (Å²) in [4.78, 5) is 22.7. The Bertz CT molecular complexity index is 720. The maximum absolute atomic E-state index is 12.2. The van der Waals surface area contributed by atoms with Crippen molar-refractivity contribution in [3.63, 3.8) is 0 Å². The largest absolute Gasteiger partial charge is 0.352 e. The van der Waals surface area contributed by atoms with E-state index in [2.05, 4.69) is 40.7 Å². The molecule has 0 aliphatic carbocycles. The molecule has 2 aromatic rings. The smallest absolute Gasteiger partial charge is 0.266 e. The molecule has 6 heteroatoms. The van der Waals surface area contributed by atoms with Crippen molar-refractivity contribution in [2.45, 2.75) is 51.6 Å². The van der Waals surface area contributed by atoms with Crippen molar-refractivity contribution in [2.24, 2.45) is 0 Å². The van der Waals surface area contributed by atoms with E-state index in [0.29, 0.717) is 6.54 Å². The van der Waals surface area contributed by atoms with E-state index in [-0.39, 0.29) is 17.0 Å². The molecule has 0 amide bonds. The zero-order chi connectivity index (χ0) is 16.4. The first-order valence-corrected chi connectivity index (χ1v) is 8.06. The van der Waals surface area contributed by atoms with Gasteiger partial charge in [0.15, 0.2) is 0 Å². The SMILES string of the molecule is CC(C)(C)c1ccc(=O)n(CC2CCCN2c2ccncn2)n1. The van der Waals surface area contributed by atoms with Crippen LogP contribution in [0.5, 0.6) is 0 Å². The normalized spacial score (nSPS) is 18.4. The minimum absolute atomic E-state index is 0.0486. The second-order valence-corrected chi connectivity index (χ2v) is 7.05. The number of hydrogen-bond donors (Lipinski definition) is 0. The van der Waals surface area contributed by atoms with E-state index in [9.17, 15) is 4.79 Å². The summed E-state index contributed by atoms with van der Waals surface area (Å²) in [5, 5.41) is 4.58. The lowest BCUT2D eigenvalue weighted by molar-refractivity contribution is 0.456. The highest BCUT2D eigenvalue weighted by Gasteiger charge is 2.27. The average Bonchev–Trinajstić information content (AvgIpc) is 2.97. The molecule has 2 aromatic heterocycles. The molecule has 1 unspecified atom stereocenters. The molecule has 0 bridgehead atoms. The summed E-state index contributed by atoms with van der Waals surface area (Å²) in [6.07, 6.45) is 5.46. The molecule has 3 heterocycles. The topological polar surface area (TPSA) is 63.9 Å². The van der Waals surface area contributed by atoms with Crippen molar-refractivity contribution in [1.29, 1.82) is 0 Å². The monoisotopic (exact) mass is 313 g/mol. The molecule has 122 valence electrons. The molecule has 0 radical (unpaired) electrons. The van der Waals surface area contributed by atoms with Crippen LogP contribution in [0.15, 0.2) is 35.5 Å². The fourth-order valence-electron chi connectivity index (χ4n) is 2.96. The molecule has 1 aliphatic rings. The first kappa shape index (κ1) is 15.6. The molecule has 1 saturated heterocycles. The van der Waals surface area contributed by atoms with Crippen LogP contribution in [0.3, 0.4) is 0 Å². The Balaban J connectivity index is 1.85. The van der Waals surface area contributed by atoms with Crippen LogP contribution >= 0.6 is 0 Å². The summed E-state index contributed by atoms with van der Waals surface area (Å²) in [5.41, 5.74) is 0.813. The first-order valence-electron chi connectivity index (χ1n) is 8.06. The first-order chi connectivity index (χ1) is 10.9. The zero-order valence-corrected chi connectivity index (χ0v) is 13.9. The van der Waals surface area contributed by atoms with Crippen LogP contribution in [0.4, 0.5) is 5.82 Å². The van der Waals surface area contributed by atoms with Gasteiger partial charge in [0.05, 0.1) is 18.3 Å². The van der Waals surface area contributed by atoms with E-state index in [1.54, 1.807) is 23.3 Å². The number of nitrogens with zero attached hydrogens (tertiary/aromatic N) is 5. The van der Waals surface area contributed by atoms with Crippen LogP contribution in [-0.2, 0) is 12.0 Å². The zero-order valence-electron chi connectivity index (χ0n) is 13.9. The Morgan fingerprint density at radius 2 is 2.09 bits per heavy atom. The molecule has 1 atom stereocenters. The lowest BCUT2D eigenvalue weighted by Crippen LogP contribution is -2.38. The Kier molecular flexibility index (Phi) is 4.15. The molecule has 1 fully saturated rings. The van der Waals surface area contributed by atoms with Gasteiger partial charge in [-0.3, -0.25) is 4.79 Å². The Morgan fingerprint density at radius 3 is 2.78 bits per heavy atom. The molecule has 23 heavy (non-hydrogen) atoms. The van der Waals surface area contributed by atoms with Gasteiger partial charge < -0.3 is 4.90 Å². The van der Waals surface area contributed by atoms with E-state index in [1.165, 1.54) is 0 Å². The summed E-state index contributed by atoms with van der Waals surface area (Å²) in [7, 11) is 0. The van der Waals surface area contributed by atoms with Crippen LogP contribution in [0.1, 0.15) is 39.3 Å². The molecule has 0 aromatic carbocycles. The van der Waals surface area contributed by atoms with Crippen molar-refractivity contribution < 1.29 is 0 Å². The molecular formula is C17H23N5O. The van der Waals surface area contributed by atoms with Crippen molar-refractivity contribution in [3.05, 3.63) is 46.8 Å². The van der Waals surface area contributed by atoms with Crippen molar-refractivity contribution >= 4 is 5.82 Å². The van der Waals surface area contributed by atoms with Crippen LogP contribution < -0.4 is 10.5 Å². The van der Waals surface area contributed by atoms with Gasteiger partial charge in [-0.15, -0.1) is 0 Å². The quantitative estimate of drug-likeness (QED) is 0.867. The standard InChI is InChI=1S/C17H23N5O/c1-17(2,3)14-6-7-16(23)22(20-14)11-13-5-4-10-21(13)15-8-9-18-12-19-15/h6-9,12-13H,4-5,10-11H2,1-3H3. The minimum atomic E-state index is -0.0720. The summed E-state index contributed by atoms with van der Waals surface area (Å²) in [6.45, 7) is 7.86. The van der Waals surface area contributed by atoms with Crippen LogP contribution in [0, 0.1) is 0 Å². The van der Waals surface area contributed by atoms with E-state index >= 15 is 0 Å². The van der Waals surface area contributed by atoms with Gasteiger partial charge in [-0.1, -0.05) is 20.8 Å². The predicted molar refractivity (Wildman–Crippen MR) is 89.6 cm³/mol. The Labute approximate surface area is 136 Å². The van der Waals surface area contributed by atoms with Crippen LogP contribution in [0.2, 0.25) is 0 Å². The van der Waals surface area contributed by atoms with E-state index in [4.69, 9.17) is 0 Å². The highest BCUT2D eigenvalue weighted by molar-refractivity contribution is 5.39. The third-order valence-corrected chi connectivity index (χ3v) is 4.26. The van der Waals surface area contributed by atoms with Gasteiger partial charge in [-0.05, 0) is 25.0 Å². The second-order valence-electron chi connectivity index (χ2n) is 7.05. The predicted octanol–water partition coefficient (Wildman–Crippen LogP) is 2.00. The lowest BCUT2D eigenvalue weighted by Gasteiger charge is -2.26. The fraction of sp³-hybridized carbons (Fsp3) is 0.529. The molecular weight excluding hydrogens is 290 g/mol. The second kappa shape index (κ2) is 6.10. The third kappa shape index (κ3) is 3.41. The number of rotatable bonds is 3. The lowest BCUT2D eigenvalue weighted by atomic mass is 9.92. The molecule has 0 spiro atoms. The number of anilines is 1. The summed E-state index contributed by atoms with van der Waals surface area (Å²) >= 11 is 0. The molecule has 3 rings (SSSR count). The summed E-state index contributed by atoms with van der Waals surface area (Å²) in [5.74, 6) is 0.919. The van der Waals surface area contributed by atoms with Crippen LogP contribution in [0.25, 0.3) is 0 Å². The summed E-state index contributed by atoms with van der Waals surface area (Å²) < 4.78 is 1.60. The van der Waals surface area contributed by atoms with Crippen molar-refractivity contribution in [2.75, 3.05) is 11.4 Å². The van der Waals surface area contributed by atoms with Gasteiger partial charge in [0.25, 0.3) is 5.56 Å². The van der Waals surface area contributed by atoms with Gasteiger partial charge in [0.2, 0.25) is 0 Å². The fourth-order valence-corrected chi connectivity index (χ4v) is 2.96. The van der Waals surface area contributed by atoms with E-state index < -0.39 is 0 Å². The van der Waals surface area contributed by atoms with Crippen LogP contribution in [-0.4, -0.2) is 32.3 Å². The van der Waals surface area contributed by atoms with Crippen molar-refractivity contribution in [3.8, 4) is 0 Å². The van der Waals surface area contributed by atoms with E-state index in [0.717, 1.165) is 30.9 Å². The highest BCUT2D eigenvalue weighted by atomic mass is 16.1. The van der Waals surface area contributed by atoms with Gasteiger partial charge >= 0.3 is 0 Å². The maximum atomic E-state index is 12.2. The van der Waals surface area contributed by atoms with Gasteiger partial charge in [0.1, 0.15) is 12.1 Å².